The summed E-state index contributed by atoms with van der Waals surface area (Å²) in [6, 6.07) is 4.90. The monoisotopic (exact) mass is 476 g/mol. The molecule has 1 saturated heterocycles. The molecule has 1 fully saturated rings. The van der Waals surface area contributed by atoms with E-state index in [4.69, 9.17) is 21.1 Å². The van der Waals surface area contributed by atoms with E-state index < -0.39 is 5.91 Å². The minimum atomic E-state index is -0.401. The lowest BCUT2D eigenvalue weighted by molar-refractivity contribution is -0.135. The number of carbonyl (C=O) groups is 2. The van der Waals surface area contributed by atoms with E-state index in [1.165, 1.54) is 18.0 Å². The van der Waals surface area contributed by atoms with Crippen LogP contribution in [0.3, 0.4) is 0 Å². The molecule has 0 bridgehead atoms. The first-order chi connectivity index (χ1) is 15.4. The fourth-order valence-corrected chi connectivity index (χ4v) is 4.71. The maximum atomic E-state index is 13.1. The minimum absolute atomic E-state index is 0.113. The molecule has 3 heterocycles. The van der Waals surface area contributed by atoms with Crippen LogP contribution in [-0.2, 0) is 16.1 Å². The quantitative estimate of drug-likeness (QED) is 0.607. The summed E-state index contributed by atoms with van der Waals surface area (Å²) in [4.78, 5) is 45.3. The number of anilines is 1. The molecule has 1 aliphatic rings. The van der Waals surface area contributed by atoms with Gasteiger partial charge in [-0.25, -0.2) is 4.98 Å². The molecule has 3 aromatic rings. The summed E-state index contributed by atoms with van der Waals surface area (Å²) in [5.74, 6) is -0.111. The van der Waals surface area contributed by atoms with Crippen LogP contribution < -0.4 is 15.6 Å². The lowest BCUT2D eigenvalue weighted by atomic mass is 10.2. The number of amides is 2. The molecule has 32 heavy (non-hydrogen) atoms. The summed E-state index contributed by atoms with van der Waals surface area (Å²) in [6.07, 6.45) is 1.35. The Bertz CT molecular complexity index is 1250. The van der Waals surface area contributed by atoms with E-state index in [2.05, 4.69) is 10.3 Å². The van der Waals surface area contributed by atoms with Crippen LogP contribution >= 0.6 is 22.9 Å². The summed E-state index contributed by atoms with van der Waals surface area (Å²) >= 11 is 7.15. The largest absolute Gasteiger partial charge is 0.495 e. The van der Waals surface area contributed by atoms with Gasteiger partial charge < -0.3 is 19.7 Å². The second-order valence-corrected chi connectivity index (χ2v) is 8.64. The van der Waals surface area contributed by atoms with Gasteiger partial charge in [0.25, 0.3) is 11.5 Å². The Kier molecular flexibility index (Phi) is 6.45. The highest BCUT2D eigenvalue weighted by Crippen LogP contribution is 2.31. The van der Waals surface area contributed by atoms with Gasteiger partial charge in [0.05, 0.1) is 42.6 Å². The number of halogens is 1. The van der Waals surface area contributed by atoms with Gasteiger partial charge in [-0.3, -0.25) is 19.0 Å². The zero-order chi connectivity index (χ0) is 22.8. The van der Waals surface area contributed by atoms with E-state index in [-0.39, 0.29) is 18.0 Å². The lowest BCUT2D eigenvalue weighted by Crippen LogP contribution is -2.43. The van der Waals surface area contributed by atoms with Crippen LogP contribution in [0.25, 0.3) is 10.2 Å². The average Bonchev–Trinajstić information content (AvgIpc) is 3.13. The Morgan fingerprint density at radius 3 is 2.78 bits per heavy atom. The zero-order valence-corrected chi connectivity index (χ0v) is 19.1. The SMILES string of the molecule is COc1ccc(Cl)cc1NC(=O)c1sc2ncn(CC(=O)N3CCOCC3)c(=O)c2c1C. The Balaban J connectivity index is 1.62. The van der Waals surface area contributed by atoms with Gasteiger partial charge in [0.15, 0.2) is 0 Å². The molecule has 0 saturated carbocycles. The van der Waals surface area contributed by atoms with Crippen molar-refractivity contribution in [3.05, 3.63) is 50.3 Å². The van der Waals surface area contributed by atoms with E-state index in [0.717, 1.165) is 11.3 Å². The van der Waals surface area contributed by atoms with Gasteiger partial charge in [0, 0.05) is 18.1 Å². The highest BCUT2D eigenvalue weighted by Gasteiger charge is 2.22. The number of nitrogens with one attached hydrogen (secondary N) is 1. The van der Waals surface area contributed by atoms with Crippen LogP contribution in [0.15, 0.2) is 29.3 Å². The van der Waals surface area contributed by atoms with Crippen molar-refractivity contribution in [2.75, 3.05) is 38.7 Å². The van der Waals surface area contributed by atoms with Crippen molar-refractivity contribution in [2.45, 2.75) is 13.5 Å². The molecule has 2 aromatic heterocycles. The second-order valence-electron chi connectivity index (χ2n) is 7.21. The third-order valence-corrected chi connectivity index (χ3v) is 6.64. The number of morpholine rings is 1. The van der Waals surface area contributed by atoms with Gasteiger partial charge in [0.2, 0.25) is 5.91 Å². The molecule has 0 aliphatic carbocycles. The van der Waals surface area contributed by atoms with Crippen LogP contribution in [0.2, 0.25) is 5.02 Å². The zero-order valence-electron chi connectivity index (χ0n) is 17.5. The molecule has 11 heteroatoms. The number of aryl methyl sites for hydroxylation is 1. The summed E-state index contributed by atoms with van der Waals surface area (Å²) < 4.78 is 11.8. The smallest absolute Gasteiger partial charge is 0.266 e. The van der Waals surface area contributed by atoms with Crippen molar-refractivity contribution < 1.29 is 19.1 Å². The molecule has 0 radical (unpaired) electrons. The molecule has 168 valence electrons. The van der Waals surface area contributed by atoms with Gasteiger partial charge in [-0.2, -0.15) is 0 Å². The van der Waals surface area contributed by atoms with Gasteiger partial charge in [-0.05, 0) is 30.7 Å². The normalized spacial score (nSPS) is 13.9. The van der Waals surface area contributed by atoms with Crippen LogP contribution in [0.1, 0.15) is 15.2 Å². The highest BCUT2D eigenvalue weighted by molar-refractivity contribution is 7.20. The Labute approximate surface area is 192 Å². The highest BCUT2D eigenvalue weighted by atomic mass is 35.5. The Morgan fingerprint density at radius 1 is 1.31 bits per heavy atom. The maximum Gasteiger partial charge on any atom is 0.266 e. The third-order valence-electron chi connectivity index (χ3n) is 5.20. The predicted octanol–water partition coefficient (Wildman–Crippen LogP) is 2.54. The molecule has 9 nitrogen and oxygen atoms in total. The molecular weight excluding hydrogens is 456 g/mol. The number of hydrogen-bond donors (Lipinski definition) is 1. The van der Waals surface area contributed by atoms with E-state index in [1.807, 2.05) is 0 Å². The molecule has 0 unspecified atom stereocenters. The van der Waals surface area contributed by atoms with Crippen molar-refractivity contribution in [2.24, 2.45) is 0 Å². The second kappa shape index (κ2) is 9.27. The van der Waals surface area contributed by atoms with Gasteiger partial charge >= 0.3 is 0 Å². The first kappa shape index (κ1) is 22.3. The molecule has 2 amide bonds. The fraction of sp³-hybridized carbons (Fsp3) is 0.333. The van der Waals surface area contributed by atoms with Crippen LogP contribution in [0.4, 0.5) is 5.69 Å². The predicted molar refractivity (Wildman–Crippen MR) is 122 cm³/mol. The number of nitrogens with zero attached hydrogens (tertiary/aromatic N) is 3. The van der Waals surface area contributed by atoms with Crippen molar-refractivity contribution in [1.29, 1.82) is 0 Å². The number of benzene rings is 1. The average molecular weight is 477 g/mol. The molecule has 1 aliphatic heterocycles. The first-order valence-corrected chi connectivity index (χ1v) is 11.1. The van der Waals surface area contributed by atoms with Crippen LogP contribution in [-0.4, -0.2) is 59.7 Å². The summed E-state index contributed by atoms with van der Waals surface area (Å²) in [5, 5.41) is 3.56. The van der Waals surface area contributed by atoms with Gasteiger partial charge in [0.1, 0.15) is 17.1 Å². The number of rotatable bonds is 5. The van der Waals surface area contributed by atoms with Crippen LogP contribution in [0, 0.1) is 6.92 Å². The number of aromatic nitrogens is 2. The van der Waals surface area contributed by atoms with E-state index in [9.17, 15) is 14.4 Å². The maximum absolute atomic E-state index is 13.1. The summed E-state index contributed by atoms with van der Waals surface area (Å²) in [7, 11) is 1.49. The first-order valence-electron chi connectivity index (χ1n) is 9.88. The van der Waals surface area contributed by atoms with Crippen molar-refractivity contribution in [3.63, 3.8) is 0 Å². The Hall–Kier alpha value is -2.95. The number of hydrogen-bond acceptors (Lipinski definition) is 7. The number of thiophene rings is 1. The molecular formula is C21H21ClN4O5S. The van der Waals surface area contributed by atoms with Crippen LogP contribution in [0.5, 0.6) is 5.75 Å². The standard InChI is InChI=1S/C21H21ClN4O5S/c1-12-17-20(23-11-26(21(17)29)10-16(27)25-5-7-31-8-6-25)32-18(12)19(28)24-14-9-13(22)3-4-15(14)30-2/h3-4,9,11H,5-8,10H2,1-2H3,(H,24,28). The van der Waals surface area contributed by atoms with Crippen molar-refractivity contribution >= 4 is 50.7 Å². The molecule has 1 N–H and O–H groups in total. The number of fused-ring (bicyclic) bond motifs is 1. The molecule has 4 rings (SSSR count). The topological polar surface area (TPSA) is 103 Å². The van der Waals surface area contributed by atoms with E-state index >= 15 is 0 Å². The molecule has 0 atom stereocenters. The lowest BCUT2D eigenvalue weighted by Gasteiger charge is -2.26. The van der Waals surface area contributed by atoms with Gasteiger partial charge in [-0.15, -0.1) is 11.3 Å². The van der Waals surface area contributed by atoms with E-state index in [0.29, 0.717) is 63.4 Å². The molecule has 0 spiro atoms. The third kappa shape index (κ3) is 4.34. The van der Waals surface area contributed by atoms with Crippen molar-refractivity contribution in [1.82, 2.24) is 14.5 Å². The summed E-state index contributed by atoms with van der Waals surface area (Å²) in [5.41, 5.74) is 0.572. The molecule has 1 aromatic carbocycles. The van der Waals surface area contributed by atoms with Crippen molar-refractivity contribution in [3.8, 4) is 5.75 Å². The number of ether oxygens (including phenoxy) is 2. The van der Waals surface area contributed by atoms with E-state index in [1.54, 1.807) is 30.0 Å². The number of methoxy groups -OCH3 is 1. The van der Waals surface area contributed by atoms with Gasteiger partial charge in [-0.1, -0.05) is 11.6 Å². The minimum Gasteiger partial charge on any atom is -0.495 e. The number of carbonyl (C=O) groups excluding carboxylic acids is 2. The summed E-state index contributed by atoms with van der Waals surface area (Å²) in [6.45, 7) is 3.55. The fourth-order valence-electron chi connectivity index (χ4n) is 3.50. The Morgan fingerprint density at radius 2 is 2.06 bits per heavy atom.